The lowest BCUT2D eigenvalue weighted by atomic mass is 10.2. The van der Waals surface area contributed by atoms with Crippen molar-refractivity contribution in [3.05, 3.63) is 48.0 Å². The molecule has 2 aromatic rings. The molecule has 0 radical (unpaired) electrons. The highest BCUT2D eigenvalue weighted by molar-refractivity contribution is 5.80. The second-order valence-corrected chi connectivity index (χ2v) is 4.09. The van der Waals surface area contributed by atoms with Crippen molar-refractivity contribution in [2.45, 2.75) is 26.2 Å². The number of rotatable bonds is 6. The molecule has 1 heterocycles. The number of amides is 1. The fourth-order valence-corrected chi connectivity index (χ4v) is 1.50. The van der Waals surface area contributed by atoms with E-state index >= 15 is 0 Å². The summed E-state index contributed by atoms with van der Waals surface area (Å²) in [7, 11) is 0. The molecule has 19 heavy (non-hydrogen) atoms. The van der Waals surface area contributed by atoms with Crippen LogP contribution in [0.4, 0.5) is 0 Å². The molecule has 1 amide bonds. The minimum atomic E-state index is -0.511. The van der Waals surface area contributed by atoms with Crippen molar-refractivity contribution in [1.29, 1.82) is 0 Å². The number of ether oxygens (including phenoxy) is 1. The Balaban J connectivity index is 1.73. The fourth-order valence-electron chi connectivity index (χ4n) is 1.50. The second-order valence-electron chi connectivity index (χ2n) is 4.09. The molecule has 0 saturated heterocycles. The Hall–Kier alpha value is -2.21. The first-order chi connectivity index (χ1) is 9.25. The van der Waals surface area contributed by atoms with Crippen molar-refractivity contribution in [1.82, 2.24) is 20.5 Å². The summed E-state index contributed by atoms with van der Waals surface area (Å²) >= 11 is 0. The number of benzene rings is 1. The van der Waals surface area contributed by atoms with E-state index in [1.807, 2.05) is 30.3 Å². The average molecular weight is 260 g/mol. The number of H-pyrrole nitrogens is 1. The van der Waals surface area contributed by atoms with Crippen LogP contribution >= 0.6 is 0 Å². The van der Waals surface area contributed by atoms with Crippen molar-refractivity contribution in [3.8, 4) is 0 Å². The van der Waals surface area contributed by atoms with Crippen LogP contribution < -0.4 is 5.32 Å². The van der Waals surface area contributed by atoms with Crippen LogP contribution in [0.25, 0.3) is 0 Å². The standard InChI is InChI=1S/C13H16N4O2/c1-10(19-8-11-5-3-2-4-6-11)13(18)14-7-12-15-9-16-17-12/h2-6,9-10H,7-8H2,1H3,(H,14,18)(H,15,16,17). The number of aromatic amines is 1. The topological polar surface area (TPSA) is 79.9 Å². The number of hydrogen-bond acceptors (Lipinski definition) is 4. The van der Waals surface area contributed by atoms with Crippen molar-refractivity contribution in [2.75, 3.05) is 0 Å². The molecule has 2 rings (SSSR count). The molecule has 2 N–H and O–H groups in total. The van der Waals surface area contributed by atoms with Crippen LogP contribution in [-0.4, -0.2) is 27.2 Å². The molecule has 100 valence electrons. The molecule has 0 aliphatic heterocycles. The predicted octanol–water partition coefficient (Wildman–Crippen LogP) is 1.03. The number of carbonyl (C=O) groups is 1. The summed E-state index contributed by atoms with van der Waals surface area (Å²) in [6, 6.07) is 9.73. The van der Waals surface area contributed by atoms with E-state index in [0.717, 1.165) is 5.56 Å². The Bertz CT molecular complexity index is 499. The van der Waals surface area contributed by atoms with E-state index in [2.05, 4.69) is 20.5 Å². The minimum absolute atomic E-state index is 0.174. The molecule has 1 atom stereocenters. The molecule has 1 unspecified atom stereocenters. The molecule has 6 nitrogen and oxygen atoms in total. The lowest BCUT2D eigenvalue weighted by Crippen LogP contribution is -2.34. The highest BCUT2D eigenvalue weighted by atomic mass is 16.5. The van der Waals surface area contributed by atoms with Crippen molar-refractivity contribution in [3.63, 3.8) is 0 Å². The van der Waals surface area contributed by atoms with Gasteiger partial charge in [0.2, 0.25) is 5.91 Å². The highest BCUT2D eigenvalue weighted by Crippen LogP contribution is 2.03. The summed E-state index contributed by atoms with van der Waals surface area (Å²) in [5.41, 5.74) is 1.04. The molecule has 6 heteroatoms. The van der Waals surface area contributed by atoms with Gasteiger partial charge >= 0.3 is 0 Å². The average Bonchev–Trinajstić information content (AvgIpc) is 2.96. The van der Waals surface area contributed by atoms with Gasteiger partial charge in [-0.25, -0.2) is 4.98 Å². The van der Waals surface area contributed by atoms with E-state index in [1.54, 1.807) is 6.92 Å². The lowest BCUT2D eigenvalue weighted by molar-refractivity contribution is -0.132. The summed E-state index contributed by atoms with van der Waals surface area (Å²) < 4.78 is 5.50. The van der Waals surface area contributed by atoms with Crippen LogP contribution in [0.2, 0.25) is 0 Å². The summed E-state index contributed by atoms with van der Waals surface area (Å²) in [6.07, 6.45) is 0.889. The van der Waals surface area contributed by atoms with Crippen molar-refractivity contribution >= 4 is 5.91 Å². The number of aromatic nitrogens is 3. The Morgan fingerprint density at radius 2 is 2.21 bits per heavy atom. The third-order valence-corrected chi connectivity index (χ3v) is 2.61. The SMILES string of the molecule is CC(OCc1ccccc1)C(=O)NCc1ncn[nH]1. The van der Waals surface area contributed by atoms with Crippen molar-refractivity contribution < 1.29 is 9.53 Å². The summed E-state index contributed by atoms with van der Waals surface area (Å²) in [5, 5.41) is 9.10. The number of nitrogens with one attached hydrogen (secondary N) is 2. The predicted molar refractivity (Wildman–Crippen MR) is 68.9 cm³/mol. The summed E-state index contributed by atoms with van der Waals surface area (Å²) in [4.78, 5) is 15.7. The second kappa shape index (κ2) is 6.65. The van der Waals surface area contributed by atoms with Crippen LogP contribution in [0.1, 0.15) is 18.3 Å². The van der Waals surface area contributed by atoms with Gasteiger partial charge < -0.3 is 10.1 Å². The van der Waals surface area contributed by atoms with E-state index < -0.39 is 6.10 Å². The van der Waals surface area contributed by atoms with Gasteiger partial charge in [0.05, 0.1) is 13.2 Å². The van der Waals surface area contributed by atoms with Crippen LogP contribution in [0.3, 0.4) is 0 Å². The van der Waals surface area contributed by atoms with Gasteiger partial charge in [-0.2, -0.15) is 5.10 Å². The quantitative estimate of drug-likeness (QED) is 0.813. The lowest BCUT2D eigenvalue weighted by Gasteiger charge is -2.12. The fraction of sp³-hybridized carbons (Fsp3) is 0.308. The third kappa shape index (κ3) is 4.18. The van der Waals surface area contributed by atoms with Gasteiger partial charge in [-0.3, -0.25) is 9.89 Å². The van der Waals surface area contributed by atoms with Gasteiger partial charge in [0.15, 0.2) is 0 Å². The van der Waals surface area contributed by atoms with Gasteiger partial charge in [-0.05, 0) is 12.5 Å². The Morgan fingerprint density at radius 3 is 2.89 bits per heavy atom. The molecule has 1 aromatic heterocycles. The van der Waals surface area contributed by atoms with Crippen molar-refractivity contribution in [2.24, 2.45) is 0 Å². The zero-order chi connectivity index (χ0) is 13.5. The molecule has 0 fully saturated rings. The minimum Gasteiger partial charge on any atom is -0.364 e. The maximum atomic E-state index is 11.8. The van der Waals surface area contributed by atoms with E-state index in [1.165, 1.54) is 6.33 Å². The zero-order valence-corrected chi connectivity index (χ0v) is 10.7. The molecule has 0 aliphatic rings. The first-order valence-corrected chi connectivity index (χ1v) is 6.03. The van der Waals surface area contributed by atoms with Gasteiger partial charge in [-0.15, -0.1) is 0 Å². The first-order valence-electron chi connectivity index (χ1n) is 6.03. The van der Waals surface area contributed by atoms with Gasteiger partial charge in [0, 0.05) is 0 Å². The van der Waals surface area contributed by atoms with E-state index in [9.17, 15) is 4.79 Å². The maximum Gasteiger partial charge on any atom is 0.249 e. The van der Waals surface area contributed by atoms with Crippen LogP contribution in [0.5, 0.6) is 0 Å². The zero-order valence-electron chi connectivity index (χ0n) is 10.7. The van der Waals surface area contributed by atoms with Crippen LogP contribution in [-0.2, 0) is 22.7 Å². The van der Waals surface area contributed by atoms with Gasteiger partial charge in [0.25, 0.3) is 0 Å². The molecular weight excluding hydrogens is 244 g/mol. The summed E-state index contributed by atoms with van der Waals surface area (Å²) in [6.45, 7) is 2.45. The van der Waals surface area contributed by atoms with Gasteiger partial charge in [0.1, 0.15) is 18.3 Å². The molecule has 0 spiro atoms. The van der Waals surface area contributed by atoms with E-state index in [-0.39, 0.29) is 5.91 Å². The normalized spacial score (nSPS) is 12.1. The molecule has 0 aliphatic carbocycles. The Morgan fingerprint density at radius 1 is 1.42 bits per heavy atom. The smallest absolute Gasteiger partial charge is 0.249 e. The maximum absolute atomic E-state index is 11.8. The molecule has 0 bridgehead atoms. The first kappa shape index (κ1) is 13.2. The third-order valence-electron chi connectivity index (χ3n) is 2.61. The largest absolute Gasteiger partial charge is 0.364 e. The number of hydrogen-bond donors (Lipinski definition) is 2. The van der Waals surface area contributed by atoms with Crippen LogP contribution in [0.15, 0.2) is 36.7 Å². The molecule has 0 saturated carbocycles. The monoisotopic (exact) mass is 260 g/mol. The number of carbonyl (C=O) groups excluding carboxylic acids is 1. The van der Waals surface area contributed by atoms with Gasteiger partial charge in [-0.1, -0.05) is 30.3 Å². The highest BCUT2D eigenvalue weighted by Gasteiger charge is 2.13. The number of nitrogens with zero attached hydrogens (tertiary/aromatic N) is 2. The molecule has 1 aromatic carbocycles. The van der Waals surface area contributed by atoms with Crippen LogP contribution in [0, 0.1) is 0 Å². The van der Waals surface area contributed by atoms with E-state index in [0.29, 0.717) is 19.0 Å². The summed E-state index contributed by atoms with van der Waals surface area (Å²) in [5.74, 6) is 0.441. The molecular formula is C13H16N4O2. The van der Waals surface area contributed by atoms with E-state index in [4.69, 9.17) is 4.74 Å². The Kier molecular flexibility index (Phi) is 4.63. The Labute approximate surface area is 111 Å².